The number of piperidine rings is 1. The van der Waals surface area contributed by atoms with Gasteiger partial charge in [0.15, 0.2) is 12.6 Å². The van der Waals surface area contributed by atoms with Gasteiger partial charge >= 0.3 is 0 Å². The van der Waals surface area contributed by atoms with Gasteiger partial charge in [-0.15, -0.1) is 0 Å². The van der Waals surface area contributed by atoms with Crippen molar-refractivity contribution in [1.29, 1.82) is 0 Å². The van der Waals surface area contributed by atoms with Crippen LogP contribution in [0.3, 0.4) is 0 Å². The van der Waals surface area contributed by atoms with Gasteiger partial charge in [0.2, 0.25) is 0 Å². The van der Waals surface area contributed by atoms with E-state index in [-0.39, 0.29) is 12.6 Å². The molecule has 0 aliphatic carbocycles. The fourth-order valence-electron chi connectivity index (χ4n) is 1.95. The minimum atomic E-state index is 0.0338. The SMILES string of the molecule is CC1OC(CC2CCCNC2)O1. The first-order valence-electron chi connectivity index (χ1n) is 4.86. The summed E-state index contributed by atoms with van der Waals surface area (Å²) in [4.78, 5) is 0. The van der Waals surface area contributed by atoms with Gasteiger partial charge in [-0.1, -0.05) is 0 Å². The van der Waals surface area contributed by atoms with Crippen LogP contribution in [0.1, 0.15) is 26.2 Å². The lowest BCUT2D eigenvalue weighted by atomic mass is 9.96. The van der Waals surface area contributed by atoms with Crippen molar-refractivity contribution in [2.24, 2.45) is 5.92 Å². The van der Waals surface area contributed by atoms with Gasteiger partial charge in [-0.25, -0.2) is 0 Å². The van der Waals surface area contributed by atoms with Crippen molar-refractivity contribution in [3.8, 4) is 0 Å². The van der Waals surface area contributed by atoms with Crippen molar-refractivity contribution in [1.82, 2.24) is 5.32 Å². The first-order chi connectivity index (χ1) is 5.84. The molecule has 70 valence electrons. The van der Waals surface area contributed by atoms with Crippen LogP contribution in [0.5, 0.6) is 0 Å². The van der Waals surface area contributed by atoms with Crippen LogP contribution in [0.4, 0.5) is 0 Å². The van der Waals surface area contributed by atoms with Crippen LogP contribution in [0.25, 0.3) is 0 Å². The van der Waals surface area contributed by atoms with Crippen molar-refractivity contribution in [3.63, 3.8) is 0 Å². The molecule has 0 amide bonds. The quantitative estimate of drug-likeness (QED) is 0.674. The van der Waals surface area contributed by atoms with E-state index in [1.165, 1.54) is 19.4 Å². The van der Waals surface area contributed by atoms with Gasteiger partial charge in [0.1, 0.15) is 0 Å². The van der Waals surface area contributed by atoms with Gasteiger partial charge < -0.3 is 14.8 Å². The topological polar surface area (TPSA) is 30.5 Å². The predicted molar refractivity (Wildman–Crippen MR) is 45.6 cm³/mol. The lowest BCUT2D eigenvalue weighted by molar-refractivity contribution is -0.379. The smallest absolute Gasteiger partial charge is 0.164 e. The largest absolute Gasteiger partial charge is 0.324 e. The maximum absolute atomic E-state index is 5.39. The second-order valence-electron chi connectivity index (χ2n) is 3.72. The van der Waals surface area contributed by atoms with Crippen molar-refractivity contribution in [2.45, 2.75) is 38.8 Å². The first-order valence-corrected chi connectivity index (χ1v) is 4.86. The zero-order chi connectivity index (χ0) is 8.39. The zero-order valence-electron chi connectivity index (χ0n) is 7.58. The fourth-order valence-corrected chi connectivity index (χ4v) is 1.95. The molecule has 0 aromatic carbocycles. The third-order valence-electron chi connectivity index (χ3n) is 2.61. The fraction of sp³-hybridized carbons (Fsp3) is 1.00. The molecule has 1 atom stereocenters. The van der Waals surface area contributed by atoms with Crippen molar-refractivity contribution in [2.75, 3.05) is 13.1 Å². The van der Waals surface area contributed by atoms with Crippen LogP contribution >= 0.6 is 0 Å². The summed E-state index contributed by atoms with van der Waals surface area (Å²) >= 11 is 0. The lowest BCUT2D eigenvalue weighted by Gasteiger charge is -2.36. The molecule has 2 heterocycles. The Balaban J connectivity index is 1.65. The van der Waals surface area contributed by atoms with E-state index in [1.807, 2.05) is 6.92 Å². The molecule has 2 aliphatic rings. The Bertz CT molecular complexity index is 139. The Morgan fingerprint density at radius 3 is 2.83 bits per heavy atom. The number of hydrogen-bond acceptors (Lipinski definition) is 3. The number of rotatable bonds is 2. The highest BCUT2D eigenvalue weighted by molar-refractivity contribution is 4.71. The molecule has 2 aliphatic heterocycles. The molecule has 0 bridgehead atoms. The van der Waals surface area contributed by atoms with E-state index in [1.54, 1.807) is 0 Å². The Morgan fingerprint density at radius 2 is 2.25 bits per heavy atom. The Morgan fingerprint density at radius 1 is 1.42 bits per heavy atom. The normalized spacial score (nSPS) is 42.2. The molecule has 1 N–H and O–H groups in total. The first kappa shape index (κ1) is 8.48. The van der Waals surface area contributed by atoms with Gasteiger partial charge in [0.05, 0.1) is 0 Å². The Hall–Kier alpha value is -0.120. The highest BCUT2D eigenvalue weighted by Crippen LogP contribution is 2.25. The van der Waals surface area contributed by atoms with Gasteiger partial charge in [0.25, 0.3) is 0 Å². The third-order valence-corrected chi connectivity index (χ3v) is 2.61. The lowest BCUT2D eigenvalue weighted by Crippen LogP contribution is -2.42. The highest BCUT2D eigenvalue weighted by Gasteiger charge is 2.29. The van der Waals surface area contributed by atoms with Crippen LogP contribution in [0.2, 0.25) is 0 Å². The molecule has 0 aromatic rings. The standard InChI is InChI=1S/C9H17NO2/c1-7-11-9(12-7)5-8-3-2-4-10-6-8/h7-10H,2-6H2,1H3. The van der Waals surface area contributed by atoms with Gasteiger partial charge in [-0.2, -0.15) is 0 Å². The van der Waals surface area contributed by atoms with E-state index in [0.717, 1.165) is 18.9 Å². The highest BCUT2D eigenvalue weighted by atomic mass is 16.9. The summed E-state index contributed by atoms with van der Waals surface area (Å²) in [6.07, 6.45) is 3.81. The summed E-state index contributed by atoms with van der Waals surface area (Å²) in [5, 5.41) is 3.39. The molecule has 3 heteroatoms. The molecule has 0 spiro atoms. The molecule has 0 aromatic heterocycles. The summed E-state index contributed by atoms with van der Waals surface area (Å²) in [6, 6.07) is 0. The molecular formula is C9H17NO2. The molecule has 2 fully saturated rings. The monoisotopic (exact) mass is 171 g/mol. The molecule has 12 heavy (non-hydrogen) atoms. The second-order valence-corrected chi connectivity index (χ2v) is 3.72. The summed E-state index contributed by atoms with van der Waals surface area (Å²) in [6.45, 7) is 4.26. The van der Waals surface area contributed by atoms with Crippen LogP contribution < -0.4 is 5.32 Å². The van der Waals surface area contributed by atoms with E-state index in [0.29, 0.717) is 0 Å². The average molecular weight is 171 g/mol. The summed E-state index contributed by atoms with van der Waals surface area (Å²) in [7, 11) is 0. The molecule has 2 saturated heterocycles. The number of ether oxygens (including phenoxy) is 2. The van der Waals surface area contributed by atoms with Crippen LogP contribution in [0, 0.1) is 5.92 Å². The summed E-state index contributed by atoms with van der Waals surface area (Å²) in [5.74, 6) is 0.760. The third kappa shape index (κ3) is 1.97. The van der Waals surface area contributed by atoms with Crippen molar-refractivity contribution >= 4 is 0 Å². The number of nitrogens with one attached hydrogen (secondary N) is 1. The van der Waals surface area contributed by atoms with Crippen molar-refractivity contribution in [3.05, 3.63) is 0 Å². The van der Waals surface area contributed by atoms with E-state index >= 15 is 0 Å². The maximum Gasteiger partial charge on any atom is 0.164 e. The van der Waals surface area contributed by atoms with Crippen LogP contribution in [-0.4, -0.2) is 25.7 Å². The van der Waals surface area contributed by atoms with Gasteiger partial charge in [0, 0.05) is 6.42 Å². The second kappa shape index (κ2) is 3.73. The van der Waals surface area contributed by atoms with Crippen LogP contribution in [-0.2, 0) is 9.47 Å². The summed E-state index contributed by atoms with van der Waals surface area (Å²) < 4.78 is 10.8. The van der Waals surface area contributed by atoms with Crippen LogP contribution in [0.15, 0.2) is 0 Å². The maximum atomic E-state index is 5.39. The molecule has 2 rings (SSSR count). The Kier molecular flexibility index (Phi) is 2.63. The minimum absolute atomic E-state index is 0.0338. The molecular weight excluding hydrogens is 154 g/mol. The molecule has 0 saturated carbocycles. The predicted octanol–water partition coefficient (Wildman–Crippen LogP) is 1.09. The van der Waals surface area contributed by atoms with Crippen molar-refractivity contribution < 1.29 is 9.47 Å². The average Bonchev–Trinajstić information content (AvgIpc) is 2.04. The number of hydrogen-bond donors (Lipinski definition) is 1. The molecule has 1 unspecified atom stereocenters. The minimum Gasteiger partial charge on any atom is -0.324 e. The Labute approximate surface area is 73.4 Å². The van der Waals surface area contributed by atoms with E-state index in [2.05, 4.69) is 5.32 Å². The molecule has 3 nitrogen and oxygen atoms in total. The molecule has 0 radical (unpaired) electrons. The van der Waals surface area contributed by atoms with Gasteiger partial charge in [-0.3, -0.25) is 0 Å². The summed E-state index contributed by atoms with van der Waals surface area (Å²) in [5.41, 5.74) is 0. The van der Waals surface area contributed by atoms with E-state index in [4.69, 9.17) is 9.47 Å². The zero-order valence-corrected chi connectivity index (χ0v) is 7.58. The van der Waals surface area contributed by atoms with E-state index < -0.39 is 0 Å². The van der Waals surface area contributed by atoms with E-state index in [9.17, 15) is 0 Å². The van der Waals surface area contributed by atoms with Gasteiger partial charge in [-0.05, 0) is 38.8 Å².